The van der Waals surface area contributed by atoms with E-state index in [1.165, 1.54) is 11.3 Å². The highest BCUT2D eigenvalue weighted by atomic mass is 35.5. The summed E-state index contributed by atoms with van der Waals surface area (Å²) in [6.07, 6.45) is -0.622. The Kier molecular flexibility index (Phi) is 4.32. The number of hydrogen-bond acceptors (Lipinski definition) is 6. The third kappa shape index (κ3) is 3.35. The molecule has 3 rings (SSSR count). The summed E-state index contributed by atoms with van der Waals surface area (Å²) >= 11 is 7.25. The molecule has 1 aliphatic rings. The zero-order valence-corrected chi connectivity index (χ0v) is 14.1. The van der Waals surface area contributed by atoms with Gasteiger partial charge in [-0.05, 0) is 23.8 Å². The fourth-order valence-electron chi connectivity index (χ4n) is 2.21. The molecule has 23 heavy (non-hydrogen) atoms. The van der Waals surface area contributed by atoms with E-state index in [1.54, 1.807) is 18.2 Å². The molecule has 0 bridgehead atoms. The molecule has 1 unspecified atom stereocenters. The summed E-state index contributed by atoms with van der Waals surface area (Å²) in [6.45, 7) is 3.99. The number of benzene rings is 1. The maximum absolute atomic E-state index is 12.3. The van der Waals surface area contributed by atoms with Crippen LogP contribution in [0.3, 0.4) is 0 Å². The van der Waals surface area contributed by atoms with Crippen LogP contribution in [0.5, 0.6) is 0 Å². The molecule has 0 radical (unpaired) electrons. The van der Waals surface area contributed by atoms with Gasteiger partial charge >= 0.3 is 5.97 Å². The smallest absolute Gasteiger partial charge is 0.339 e. The predicted molar refractivity (Wildman–Crippen MR) is 87.0 cm³/mol. The molecule has 1 aromatic carbocycles. The fourth-order valence-corrected chi connectivity index (χ4v) is 3.16. The highest BCUT2D eigenvalue weighted by molar-refractivity contribution is 7.15. The summed E-state index contributed by atoms with van der Waals surface area (Å²) in [5.41, 5.74) is 1.14. The van der Waals surface area contributed by atoms with Crippen LogP contribution in [-0.2, 0) is 16.0 Å². The zero-order valence-electron chi connectivity index (χ0n) is 12.5. The minimum absolute atomic E-state index is 0.236. The molecule has 0 saturated carbocycles. The van der Waals surface area contributed by atoms with Gasteiger partial charge in [0, 0.05) is 17.4 Å². The first-order valence-electron chi connectivity index (χ1n) is 7.07. The van der Waals surface area contributed by atoms with Crippen molar-refractivity contribution in [2.75, 3.05) is 5.32 Å². The Labute approximate surface area is 141 Å². The second kappa shape index (κ2) is 6.25. The van der Waals surface area contributed by atoms with Crippen molar-refractivity contribution in [2.45, 2.75) is 32.3 Å². The zero-order chi connectivity index (χ0) is 16.6. The summed E-state index contributed by atoms with van der Waals surface area (Å²) in [6, 6.07) is 4.91. The Morgan fingerprint density at radius 1 is 1.43 bits per heavy atom. The van der Waals surface area contributed by atoms with Crippen LogP contribution < -0.4 is 5.32 Å². The number of nitrogens with zero attached hydrogens (tertiary/aromatic N) is 2. The number of esters is 1. The number of amides is 1. The van der Waals surface area contributed by atoms with E-state index in [2.05, 4.69) is 15.5 Å². The predicted octanol–water partition coefficient (Wildman–Crippen LogP) is 3.04. The van der Waals surface area contributed by atoms with E-state index < -0.39 is 18.0 Å². The van der Waals surface area contributed by atoms with Crippen molar-refractivity contribution in [1.29, 1.82) is 0 Å². The maximum Gasteiger partial charge on any atom is 0.339 e. The highest BCUT2D eigenvalue weighted by Crippen LogP contribution is 2.26. The number of fused-ring (bicyclic) bond motifs is 1. The second-order valence-corrected chi connectivity index (χ2v) is 6.93. The van der Waals surface area contributed by atoms with Crippen LogP contribution in [-0.4, -0.2) is 28.2 Å². The van der Waals surface area contributed by atoms with Crippen LogP contribution in [0.4, 0.5) is 5.13 Å². The van der Waals surface area contributed by atoms with Gasteiger partial charge in [-0.1, -0.05) is 36.8 Å². The summed E-state index contributed by atoms with van der Waals surface area (Å²) in [5, 5.41) is 12.3. The fraction of sp³-hybridized carbons (Fsp3) is 0.333. The van der Waals surface area contributed by atoms with Gasteiger partial charge in [0.1, 0.15) is 5.01 Å². The SMILES string of the molecule is CC(C)c1nnc(NC(=O)C2Cc3cc(Cl)ccc3C(=O)O2)s1. The molecule has 1 aromatic heterocycles. The average Bonchev–Trinajstić information content (AvgIpc) is 2.95. The van der Waals surface area contributed by atoms with Gasteiger partial charge in [0.05, 0.1) is 5.56 Å². The summed E-state index contributed by atoms with van der Waals surface area (Å²) in [7, 11) is 0. The molecule has 0 spiro atoms. The van der Waals surface area contributed by atoms with E-state index in [-0.39, 0.29) is 12.3 Å². The first kappa shape index (κ1) is 15.9. The van der Waals surface area contributed by atoms with Crippen LogP contribution >= 0.6 is 22.9 Å². The number of carbonyl (C=O) groups excluding carboxylic acids is 2. The van der Waals surface area contributed by atoms with Gasteiger partial charge in [0.15, 0.2) is 6.10 Å². The molecule has 8 heteroatoms. The van der Waals surface area contributed by atoms with Crippen LogP contribution in [0.1, 0.15) is 40.7 Å². The average molecular weight is 352 g/mol. The van der Waals surface area contributed by atoms with Gasteiger partial charge < -0.3 is 4.74 Å². The van der Waals surface area contributed by atoms with Crippen molar-refractivity contribution in [1.82, 2.24) is 10.2 Å². The third-order valence-corrected chi connectivity index (χ3v) is 4.77. The van der Waals surface area contributed by atoms with Crippen molar-refractivity contribution in [2.24, 2.45) is 0 Å². The first-order chi connectivity index (χ1) is 10.9. The van der Waals surface area contributed by atoms with E-state index >= 15 is 0 Å². The van der Waals surface area contributed by atoms with Crippen molar-refractivity contribution in [3.8, 4) is 0 Å². The van der Waals surface area contributed by atoms with Gasteiger partial charge in [-0.2, -0.15) is 0 Å². The quantitative estimate of drug-likeness (QED) is 0.859. The molecule has 0 saturated heterocycles. The number of cyclic esters (lactones) is 1. The normalized spacial score (nSPS) is 16.9. The van der Waals surface area contributed by atoms with Crippen LogP contribution in [0.25, 0.3) is 0 Å². The molecule has 0 fully saturated rings. The number of nitrogens with one attached hydrogen (secondary N) is 1. The molecule has 1 atom stereocenters. The standard InChI is InChI=1S/C15H14ClN3O3S/c1-7(2)13-18-19-15(23-13)17-12(20)11-6-8-5-9(16)3-4-10(8)14(21)22-11/h3-5,7,11H,6H2,1-2H3,(H,17,19,20). The molecular weight excluding hydrogens is 338 g/mol. The Hall–Kier alpha value is -1.99. The van der Waals surface area contributed by atoms with Gasteiger partial charge in [-0.3, -0.25) is 10.1 Å². The lowest BCUT2D eigenvalue weighted by Gasteiger charge is -2.23. The third-order valence-electron chi connectivity index (χ3n) is 3.40. The van der Waals surface area contributed by atoms with Crippen LogP contribution in [0.15, 0.2) is 18.2 Å². The number of aromatic nitrogens is 2. The van der Waals surface area contributed by atoms with E-state index in [0.717, 1.165) is 5.01 Å². The largest absolute Gasteiger partial charge is 0.448 e. The molecule has 1 amide bonds. The van der Waals surface area contributed by atoms with Crippen LogP contribution in [0, 0.1) is 0 Å². The number of halogens is 1. The molecule has 120 valence electrons. The van der Waals surface area contributed by atoms with Gasteiger partial charge in [0.25, 0.3) is 5.91 Å². The lowest BCUT2D eigenvalue weighted by atomic mass is 9.98. The Bertz CT molecular complexity index is 775. The molecule has 2 aromatic rings. The number of ether oxygens (including phenoxy) is 1. The molecule has 6 nitrogen and oxygen atoms in total. The first-order valence-corrected chi connectivity index (χ1v) is 8.27. The Balaban J connectivity index is 1.74. The van der Waals surface area contributed by atoms with Gasteiger partial charge in [0.2, 0.25) is 5.13 Å². The van der Waals surface area contributed by atoms with Gasteiger partial charge in [-0.25, -0.2) is 4.79 Å². The summed E-state index contributed by atoms with van der Waals surface area (Å²) < 4.78 is 5.20. The van der Waals surface area contributed by atoms with Crippen molar-refractivity contribution in [3.63, 3.8) is 0 Å². The lowest BCUT2D eigenvalue weighted by molar-refractivity contribution is -0.125. The molecule has 0 aliphatic carbocycles. The number of rotatable bonds is 3. The number of hydrogen-bond donors (Lipinski definition) is 1. The monoisotopic (exact) mass is 351 g/mol. The Morgan fingerprint density at radius 3 is 2.91 bits per heavy atom. The van der Waals surface area contributed by atoms with E-state index in [9.17, 15) is 9.59 Å². The van der Waals surface area contributed by atoms with Gasteiger partial charge in [-0.15, -0.1) is 10.2 Å². The van der Waals surface area contributed by atoms with Crippen molar-refractivity contribution in [3.05, 3.63) is 39.4 Å². The van der Waals surface area contributed by atoms with Crippen molar-refractivity contribution >= 4 is 39.9 Å². The van der Waals surface area contributed by atoms with E-state index in [1.807, 2.05) is 13.8 Å². The molecule has 1 aliphatic heterocycles. The number of carbonyl (C=O) groups is 2. The summed E-state index contributed by atoms with van der Waals surface area (Å²) in [5.74, 6) is -0.710. The second-order valence-electron chi connectivity index (χ2n) is 5.49. The molecule has 2 heterocycles. The maximum atomic E-state index is 12.3. The minimum Gasteiger partial charge on any atom is -0.448 e. The Morgan fingerprint density at radius 2 is 2.22 bits per heavy atom. The highest BCUT2D eigenvalue weighted by Gasteiger charge is 2.32. The van der Waals surface area contributed by atoms with Crippen LogP contribution in [0.2, 0.25) is 5.02 Å². The minimum atomic E-state index is -0.903. The topological polar surface area (TPSA) is 81.2 Å². The molecular formula is C15H14ClN3O3S. The number of anilines is 1. The molecule has 1 N–H and O–H groups in total. The van der Waals surface area contributed by atoms with E-state index in [4.69, 9.17) is 16.3 Å². The lowest BCUT2D eigenvalue weighted by Crippen LogP contribution is -2.38. The van der Waals surface area contributed by atoms with E-state index in [0.29, 0.717) is 21.3 Å². The van der Waals surface area contributed by atoms with Crippen molar-refractivity contribution < 1.29 is 14.3 Å². The summed E-state index contributed by atoms with van der Waals surface area (Å²) in [4.78, 5) is 24.3.